The first-order valence-corrected chi connectivity index (χ1v) is 7.09. The molecule has 0 saturated carbocycles. The number of aromatic nitrogens is 1. The van der Waals surface area contributed by atoms with Crippen molar-refractivity contribution in [1.29, 1.82) is 0 Å². The summed E-state index contributed by atoms with van der Waals surface area (Å²) in [5.74, 6) is 0.999. The summed E-state index contributed by atoms with van der Waals surface area (Å²) < 4.78 is 5.31. The van der Waals surface area contributed by atoms with Crippen LogP contribution >= 0.6 is 0 Å². The molecule has 0 radical (unpaired) electrons. The first kappa shape index (κ1) is 12.9. The molecular weight excluding hydrogens is 240 g/mol. The average Bonchev–Trinajstić information content (AvgIpc) is 2.68. The number of piperidine rings is 1. The highest BCUT2D eigenvalue weighted by Gasteiger charge is 2.41. The Balaban J connectivity index is 1.79. The monoisotopic (exact) mass is 262 g/mol. The second-order valence-corrected chi connectivity index (χ2v) is 5.82. The summed E-state index contributed by atoms with van der Waals surface area (Å²) in [6.45, 7) is 0. The molecule has 104 valence electrons. The molecule has 19 heavy (non-hydrogen) atoms. The van der Waals surface area contributed by atoms with Crippen LogP contribution in [0.1, 0.15) is 37.5 Å². The molecule has 3 rings (SSSR count). The number of hydrogen-bond donors (Lipinski definition) is 1. The minimum atomic E-state index is -0.507. The van der Waals surface area contributed by atoms with Crippen molar-refractivity contribution < 1.29 is 9.84 Å². The van der Waals surface area contributed by atoms with Crippen molar-refractivity contribution in [3.8, 4) is 5.75 Å². The van der Waals surface area contributed by atoms with E-state index in [2.05, 4.69) is 16.9 Å². The average molecular weight is 262 g/mol. The highest BCUT2D eigenvalue weighted by Crippen LogP contribution is 2.43. The number of aliphatic hydroxyl groups excluding tert-OH is 1. The fourth-order valence-corrected chi connectivity index (χ4v) is 3.73. The van der Waals surface area contributed by atoms with Crippen LogP contribution in [0.15, 0.2) is 18.3 Å². The Kier molecular flexibility index (Phi) is 3.46. The Bertz CT molecular complexity index is 438. The van der Waals surface area contributed by atoms with Crippen molar-refractivity contribution in [2.45, 2.75) is 43.9 Å². The Morgan fingerprint density at radius 3 is 2.68 bits per heavy atom. The molecule has 4 nitrogen and oxygen atoms in total. The molecule has 2 fully saturated rings. The third kappa shape index (κ3) is 2.23. The van der Waals surface area contributed by atoms with Crippen LogP contribution in [-0.4, -0.2) is 41.2 Å². The van der Waals surface area contributed by atoms with Gasteiger partial charge in [0.25, 0.3) is 0 Å². The van der Waals surface area contributed by atoms with E-state index in [0.29, 0.717) is 29.4 Å². The Morgan fingerprint density at radius 2 is 2.05 bits per heavy atom. The number of fused-ring (bicyclic) bond motifs is 2. The lowest BCUT2D eigenvalue weighted by Gasteiger charge is -2.38. The Labute approximate surface area is 114 Å². The van der Waals surface area contributed by atoms with Gasteiger partial charge in [-0.05, 0) is 50.8 Å². The molecule has 0 aromatic carbocycles. The van der Waals surface area contributed by atoms with Gasteiger partial charge in [-0.1, -0.05) is 0 Å². The predicted molar refractivity (Wildman–Crippen MR) is 73.0 cm³/mol. The molecule has 2 saturated heterocycles. The van der Waals surface area contributed by atoms with Crippen LogP contribution in [-0.2, 0) is 0 Å². The first-order valence-electron chi connectivity index (χ1n) is 7.09. The molecule has 2 bridgehead atoms. The standard InChI is InChI=1S/C15H22N2O2/c1-17-11-5-6-12(17)9-10(8-11)15(18)14-13(19-2)4-3-7-16-14/h3-4,7,10-12,15,18H,5-6,8-9H2,1-2H3. The summed E-state index contributed by atoms with van der Waals surface area (Å²) in [6.07, 6.45) is 5.88. The molecule has 2 aliphatic heterocycles. The van der Waals surface area contributed by atoms with Crippen molar-refractivity contribution in [2.24, 2.45) is 5.92 Å². The van der Waals surface area contributed by atoms with E-state index in [1.807, 2.05) is 12.1 Å². The van der Waals surface area contributed by atoms with E-state index in [1.165, 1.54) is 12.8 Å². The molecule has 3 unspecified atom stereocenters. The molecule has 3 heterocycles. The van der Waals surface area contributed by atoms with Crippen molar-refractivity contribution in [3.05, 3.63) is 24.0 Å². The lowest BCUT2D eigenvalue weighted by Crippen LogP contribution is -2.41. The van der Waals surface area contributed by atoms with Crippen molar-refractivity contribution in [2.75, 3.05) is 14.2 Å². The van der Waals surface area contributed by atoms with E-state index in [4.69, 9.17) is 4.74 Å². The van der Waals surface area contributed by atoms with Crippen LogP contribution in [0.2, 0.25) is 0 Å². The minimum Gasteiger partial charge on any atom is -0.495 e. The number of nitrogens with zero attached hydrogens (tertiary/aromatic N) is 2. The normalized spacial score (nSPS) is 32.3. The first-order chi connectivity index (χ1) is 9.20. The van der Waals surface area contributed by atoms with Gasteiger partial charge in [-0.3, -0.25) is 4.98 Å². The van der Waals surface area contributed by atoms with Gasteiger partial charge in [0.2, 0.25) is 0 Å². The summed E-state index contributed by atoms with van der Waals surface area (Å²) in [5, 5.41) is 10.6. The van der Waals surface area contributed by atoms with E-state index < -0.39 is 6.10 Å². The van der Waals surface area contributed by atoms with E-state index in [-0.39, 0.29) is 0 Å². The van der Waals surface area contributed by atoms with Gasteiger partial charge < -0.3 is 14.7 Å². The lowest BCUT2D eigenvalue weighted by atomic mass is 9.85. The molecule has 1 aromatic rings. The van der Waals surface area contributed by atoms with Gasteiger partial charge in [0.15, 0.2) is 0 Å². The summed E-state index contributed by atoms with van der Waals surface area (Å²) >= 11 is 0. The zero-order chi connectivity index (χ0) is 13.4. The summed E-state index contributed by atoms with van der Waals surface area (Å²) in [6, 6.07) is 4.98. The number of ether oxygens (including phenoxy) is 1. The van der Waals surface area contributed by atoms with E-state index in [1.54, 1.807) is 13.3 Å². The summed E-state index contributed by atoms with van der Waals surface area (Å²) in [4.78, 5) is 6.81. The van der Waals surface area contributed by atoms with Gasteiger partial charge in [-0.25, -0.2) is 0 Å². The van der Waals surface area contributed by atoms with Crippen molar-refractivity contribution in [3.63, 3.8) is 0 Å². The van der Waals surface area contributed by atoms with Gasteiger partial charge in [-0.2, -0.15) is 0 Å². The summed E-state index contributed by atoms with van der Waals surface area (Å²) in [7, 11) is 3.85. The molecule has 1 aromatic heterocycles. The quantitative estimate of drug-likeness (QED) is 0.905. The Hall–Kier alpha value is -1.13. The van der Waals surface area contributed by atoms with Gasteiger partial charge in [-0.15, -0.1) is 0 Å². The van der Waals surface area contributed by atoms with E-state index in [9.17, 15) is 5.11 Å². The largest absolute Gasteiger partial charge is 0.495 e. The molecule has 0 spiro atoms. The van der Waals surface area contributed by atoms with E-state index in [0.717, 1.165) is 12.8 Å². The van der Waals surface area contributed by atoms with Gasteiger partial charge in [0.1, 0.15) is 17.5 Å². The highest BCUT2D eigenvalue weighted by molar-refractivity contribution is 5.29. The number of aliphatic hydroxyl groups is 1. The second kappa shape index (κ2) is 5.10. The molecule has 2 aliphatic rings. The van der Waals surface area contributed by atoms with Gasteiger partial charge >= 0.3 is 0 Å². The molecule has 4 heteroatoms. The van der Waals surface area contributed by atoms with Crippen LogP contribution in [0.5, 0.6) is 5.75 Å². The lowest BCUT2D eigenvalue weighted by molar-refractivity contribution is 0.0319. The fourth-order valence-electron chi connectivity index (χ4n) is 3.73. The second-order valence-electron chi connectivity index (χ2n) is 5.82. The number of methoxy groups -OCH3 is 1. The molecular formula is C15H22N2O2. The number of rotatable bonds is 3. The maximum absolute atomic E-state index is 10.6. The molecule has 0 aliphatic carbocycles. The van der Waals surface area contributed by atoms with Crippen molar-refractivity contribution >= 4 is 0 Å². The van der Waals surface area contributed by atoms with Crippen LogP contribution in [0.3, 0.4) is 0 Å². The van der Waals surface area contributed by atoms with Gasteiger partial charge in [0, 0.05) is 18.3 Å². The molecule has 0 amide bonds. The predicted octanol–water partition coefficient (Wildman–Crippen LogP) is 2.00. The maximum atomic E-state index is 10.6. The maximum Gasteiger partial charge on any atom is 0.143 e. The van der Waals surface area contributed by atoms with Crippen molar-refractivity contribution in [1.82, 2.24) is 9.88 Å². The van der Waals surface area contributed by atoms with Crippen LogP contribution in [0, 0.1) is 5.92 Å². The fraction of sp³-hybridized carbons (Fsp3) is 0.667. The molecule has 3 atom stereocenters. The third-order valence-corrected chi connectivity index (χ3v) is 4.88. The minimum absolute atomic E-state index is 0.303. The SMILES string of the molecule is COc1cccnc1C(O)C1CC2CCC(C1)N2C. The Morgan fingerprint density at radius 1 is 1.37 bits per heavy atom. The number of pyridine rings is 1. The number of hydrogen-bond acceptors (Lipinski definition) is 4. The van der Waals surface area contributed by atoms with E-state index >= 15 is 0 Å². The van der Waals surface area contributed by atoms with Crippen LogP contribution in [0.25, 0.3) is 0 Å². The topological polar surface area (TPSA) is 45.6 Å². The van der Waals surface area contributed by atoms with Crippen LogP contribution in [0.4, 0.5) is 0 Å². The van der Waals surface area contributed by atoms with Crippen LogP contribution < -0.4 is 4.74 Å². The summed E-state index contributed by atoms with van der Waals surface area (Å²) in [5.41, 5.74) is 0.693. The zero-order valence-electron chi connectivity index (χ0n) is 11.6. The highest BCUT2D eigenvalue weighted by atomic mass is 16.5. The third-order valence-electron chi connectivity index (χ3n) is 4.88. The molecule has 1 N–H and O–H groups in total. The smallest absolute Gasteiger partial charge is 0.143 e. The zero-order valence-corrected chi connectivity index (χ0v) is 11.6. The van der Waals surface area contributed by atoms with Gasteiger partial charge in [0.05, 0.1) is 7.11 Å².